The molecule has 1 fully saturated rings. The normalized spacial score (nSPS) is 24.6. The number of hydrazone groups is 1. The van der Waals surface area contributed by atoms with Crippen molar-refractivity contribution in [2.75, 3.05) is 7.11 Å². The van der Waals surface area contributed by atoms with Crippen LogP contribution in [0.15, 0.2) is 29.4 Å². The molecule has 2 aliphatic rings. The van der Waals surface area contributed by atoms with Crippen LogP contribution < -0.4 is 10.2 Å². The maximum absolute atomic E-state index is 12.1. The zero-order valence-electron chi connectivity index (χ0n) is 10.4. The Morgan fingerprint density at radius 3 is 2.63 bits per heavy atom. The number of hydrogen-bond acceptors (Lipinski definition) is 5. The molecule has 0 spiro atoms. The van der Waals surface area contributed by atoms with Crippen molar-refractivity contribution in [3.05, 3.63) is 29.8 Å². The van der Waals surface area contributed by atoms with Crippen LogP contribution in [-0.4, -0.2) is 36.1 Å². The summed E-state index contributed by atoms with van der Waals surface area (Å²) in [6.45, 7) is 0.282. The van der Waals surface area contributed by atoms with Crippen LogP contribution in [0.5, 0.6) is 5.75 Å². The van der Waals surface area contributed by atoms with Gasteiger partial charge >= 0.3 is 0 Å². The molecule has 19 heavy (non-hydrogen) atoms. The molecule has 6 nitrogen and oxygen atoms in total. The fraction of sp³-hybridized carbons (Fsp3) is 0.308. The van der Waals surface area contributed by atoms with Gasteiger partial charge in [-0.3, -0.25) is 19.9 Å². The van der Waals surface area contributed by atoms with Crippen LogP contribution in [0.25, 0.3) is 0 Å². The van der Waals surface area contributed by atoms with Crippen LogP contribution in [-0.2, 0) is 16.1 Å². The monoisotopic (exact) mass is 259 g/mol. The Hall–Kier alpha value is -2.37. The first-order chi connectivity index (χ1) is 9.20. The van der Waals surface area contributed by atoms with Gasteiger partial charge in [-0.15, -0.1) is 0 Å². The number of fused-ring (bicyclic) bond motifs is 1. The van der Waals surface area contributed by atoms with Crippen LogP contribution in [0.1, 0.15) is 5.56 Å². The summed E-state index contributed by atoms with van der Waals surface area (Å²) in [6.07, 6.45) is 1.50. The summed E-state index contributed by atoms with van der Waals surface area (Å²) in [4.78, 5) is 25.4. The van der Waals surface area contributed by atoms with Crippen LogP contribution in [0.3, 0.4) is 0 Å². The van der Waals surface area contributed by atoms with Gasteiger partial charge in [0.2, 0.25) is 5.91 Å². The first kappa shape index (κ1) is 11.7. The van der Waals surface area contributed by atoms with E-state index in [2.05, 4.69) is 10.5 Å². The molecule has 6 heteroatoms. The number of rotatable bonds is 3. The van der Waals surface area contributed by atoms with E-state index in [0.717, 1.165) is 11.3 Å². The second-order valence-corrected chi connectivity index (χ2v) is 4.52. The Labute approximate surface area is 110 Å². The van der Waals surface area contributed by atoms with Gasteiger partial charge in [-0.2, -0.15) is 5.10 Å². The number of benzene rings is 1. The van der Waals surface area contributed by atoms with Crippen LogP contribution >= 0.6 is 0 Å². The molecule has 0 saturated carbocycles. The fourth-order valence-electron chi connectivity index (χ4n) is 2.31. The van der Waals surface area contributed by atoms with Crippen molar-refractivity contribution in [3.8, 4) is 5.75 Å². The molecule has 3 rings (SSSR count). The molecule has 0 aromatic heterocycles. The number of hydrogen-bond donors (Lipinski definition) is 1. The number of nitrogens with zero attached hydrogens (tertiary/aromatic N) is 2. The van der Waals surface area contributed by atoms with E-state index < -0.39 is 12.0 Å². The lowest BCUT2D eigenvalue weighted by Gasteiger charge is -2.15. The van der Waals surface area contributed by atoms with E-state index in [-0.39, 0.29) is 18.4 Å². The minimum atomic E-state index is -0.522. The minimum absolute atomic E-state index is 0.195. The summed E-state index contributed by atoms with van der Waals surface area (Å²) < 4.78 is 5.07. The fourth-order valence-corrected chi connectivity index (χ4v) is 2.31. The SMILES string of the molecule is COc1ccc(CN2C(=O)[C@H]3C=NN[C@@H]3C2=O)cc1. The van der Waals surface area contributed by atoms with E-state index >= 15 is 0 Å². The van der Waals surface area contributed by atoms with Gasteiger partial charge in [-0.1, -0.05) is 12.1 Å². The smallest absolute Gasteiger partial charge is 0.254 e. The highest BCUT2D eigenvalue weighted by Crippen LogP contribution is 2.24. The highest BCUT2D eigenvalue weighted by molar-refractivity contribution is 6.14. The number of amides is 2. The molecule has 0 bridgehead atoms. The molecular formula is C13H13N3O3. The van der Waals surface area contributed by atoms with E-state index in [1.165, 1.54) is 11.1 Å². The van der Waals surface area contributed by atoms with Gasteiger partial charge in [-0.05, 0) is 17.7 Å². The maximum Gasteiger partial charge on any atom is 0.254 e. The molecule has 2 atom stereocenters. The lowest BCUT2D eigenvalue weighted by atomic mass is 10.1. The second-order valence-electron chi connectivity index (χ2n) is 4.52. The zero-order valence-corrected chi connectivity index (χ0v) is 10.4. The molecule has 2 amide bonds. The Morgan fingerprint density at radius 1 is 1.26 bits per heavy atom. The van der Waals surface area contributed by atoms with Crippen molar-refractivity contribution < 1.29 is 14.3 Å². The molecule has 0 unspecified atom stereocenters. The van der Waals surface area contributed by atoms with Gasteiger partial charge in [0.1, 0.15) is 17.7 Å². The number of ether oxygens (including phenoxy) is 1. The molecule has 1 N–H and O–H groups in total. The molecule has 2 heterocycles. The van der Waals surface area contributed by atoms with Gasteiger partial charge < -0.3 is 4.74 Å². The van der Waals surface area contributed by atoms with Crippen LogP contribution in [0.4, 0.5) is 0 Å². The maximum atomic E-state index is 12.1. The van der Waals surface area contributed by atoms with E-state index in [9.17, 15) is 9.59 Å². The lowest BCUT2D eigenvalue weighted by Crippen LogP contribution is -2.35. The summed E-state index contributed by atoms with van der Waals surface area (Å²) in [5.74, 6) is -0.123. The molecule has 1 aromatic rings. The number of likely N-dealkylation sites (tertiary alicyclic amines) is 1. The quantitative estimate of drug-likeness (QED) is 0.784. The topological polar surface area (TPSA) is 71.0 Å². The summed E-state index contributed by atoms with van der Waals surface area (Å²) in [6, 6.07) is 6.77. The summed E-state index contributed by atoms with van der Waals surface area (Å²) in [5, 5.41) is 3.77. The van der Waals surface area contributed by atoms with Crippen molar-refractivity contribution in [1.29, 1.82) is 0 Å². The highest BCUT2D eigenvalue weighted by Gasteiger charge is 2.48. The van der Waals surface area contributed by atoms with Gasteiger partial charge in [0.15, 0.2) is 0 Å². The average molecular weight is 259 g/mol. The van der Waals surface area contributed by atoms with E-state index in [1.807, 2.05) is 12.1 Å². The highest BCUT2D eigenvalue weighted by atomic mass is 16.5. The minimum Gasteiger partial charge on any atom is -0.497 e. The van der Waals surface area contributed by atoms with Gasteiger partial charge in [0.25, 0.3) is 5.91 Å². The van der Waals surface area contributed by atoms with Crippen molar-refractivity contribution in [2.24, 2.45) is 11.0 Å². The molecule has 1 saturated heterocycles. The van der Waals surface area contributed by atoms with Crippen molar-refractivity contribution >= 4 is 18.0 Å². The predicted molar refractivity (Wildman–Crippen MR) is 67.5 cm³/mol. The standard InChI is InChI=1S/C13H13N3O3/c1-19-9-4-2-8(3-5-9)7-16-12(17)10-6-14-15-11(10)13(16)18/h2-6,10-11,15H,7H2,1H3/t10-,11-/m0/s1. The third-order valence-corrected chi connectivity index (χ3v) is 3.39. The largest absolute Gasteiger partial charge is 0.497 e. The molecule has 2 aliphatic heterocycles. The third-order valence-electron chi connectivity index (χ3n) is 3.39. The van der Waals surface area contributed by atoms with E-state index in [4.69, 9.17) is 4.74 Å². The van der Waals surface area contributed by atoms with E-state index in [0.29, 0.717) is 0 Å². The Bertz CT molecular complexity index is 553. The summed E-state index contributed by atoms with van der Waals surface area (Å²) in [5.41, 5.74) is 3.56. The summed E-state index contributed by atoms with van der Waals surface area (Å²) >= 11 is 0. The molecule has 0 radical (unpaired) electrons. The van der Waals surface area contributed by atoms with Crippen LogP contribution in [0, 0.1) is 5.92 Å². The van der Waals surface area contributed by atoms with Gasteiger partial charge in [0, 0.05) is 6.21 Å². The lowest BCUT2D eigenvalue weighted by molar-refractivity contribution is -0.140. The number of methoxy groups -OCH3 is 1. The van der Waals surface area contributed by atoms with Crippen LogP contribution in [0.2, 0.25) is 0 Å². The number of carbonyl (C=O) groups excluding carboxylic acids is 2. The van der Waals surface area contributed by atoms with Gasteiger partial charge in [0.05, 0.1) is 13.7 Å². The van der Waals surface area contributed by atoms with Crippen molar-refractivity contribution in [1.82, 2.24) is 10.3 Å². The first-order valence-electron chi connectivity index (χ1n) is 5.97. The molecular weight excluding hydrogens is 246 g/mol. The number of carbonyl (C=O) groups is 2. The number of nitrogens with one attached hydrogen (secondary N) is 1. The summed E-state index contributed by atoms with van der Waals surface area (Å²) in [7, 11) is 1.59. The Morgan fingerprint density at radius 2 is 2.00 bits per heavy atom. The first-order valence-corrected chi connectivity index (χ1v) is 5.97. The zero-order chi connectivity index (χ0) is 13.4. The van der Waals surface area contributed by atoms with Crippen molar-refractivity contribution in [2.45, 2.75) is 12.6 Å². The number of imide groups is 1. The predicted octanol–water partition coefficient (Wildman–Crippen LogP) is 0.138. The molecule has 98 valence electrons. The van der Waals surface area contributed by atoms with Crippen molar-refractivity contribution in [3.63, 3.8) is 0 Å². The molecule has 1 aromatic carbocycles. The second kappa shape index (κ2) is 4.38. The third kappa shape index (κ3) is 1.85. The Kier molecular flexibility index (Phi) is 2.70. The van der Waals surface area contributed by atoms with Gasteiger partial charge in [-0.25, -0.2) is 0 Å². The molecule has 0 aliphatic carbocycles. The Balaban J connectivity index is 1.77. The van der Waals surface area contributed by atoms with E-state index in [1.54, 1.807) is 19.2 Å². The average Bonchev–Trinajstić information content (AvgIpc) is 3.00.